The molecule has 0 saturated carbocycles. The van der Waals surface area contributed by atoms with Crippen molar-refractivity contribution >= 4 is 22.3 Å². The van der Waals surface area contributed by atoms with Crippen LogP contribution in [0.25, 0.3) is 22.3 Å². The van der Waals surface area contributed by atoms with E-state index in [2.05, 4.69) is 54.5 Å². The molecule has 0 amide bonds. The SMILES string of the molecule is CCc1ccc2c(c1)CCCC(n1nnc3ccccc31)=C2C. The van der Waals surface area contributed by atoms with Crippen LogP contribution in [0.1, 0.15) is 43.4 Å². The number of hydrogen-bond donors (Lipinski definition) is 0. The van der Waals surface area contributed by atoms with Crippen molar-refractivity contribution in [3.8, 4) is 0 Å². The standard InChI is InChI=1S/C20H21N3/c1-3-15-11-12-17-14(2)19(10-6-7-16(17)13-15)23-20-9-5-4-8-18(20)21-22-23/h4-5,8-9,11-13H,3,6-7,10H2,1-2H3. The molecule has 3 nitrogen and oxygen atoms in total. The molecule has 0 fully saturated rings. The van der Waals surface area contributed by atoms with Gasteiger partial charge in [0.1, 0.15) is 5.52 Å². The van der Waals surface area contributed by atoms with Gasteiger partial charge in [-0.15, -0.1) is 5.10 Å². The molecular formula is C20H21N3. The Morgan fingerprint density at radius 2 is 1.96 bits per heavy atom. The zero-order chi connectivity index (χ0) is 15.8. The van der Waals surface area contributed by atoms with Crippen LogP contribution in [-0.2, 0) is 12.8 Å². The molecule has 1 aliphatic rings. The maximum absolute atomic E-state index is 4.43. The highest BCUT2D eigenvalue weighted by atomic mass is 15.4. The van der Waals surface area contributed by atoms with Gasteiger partial charge in [0.05, 0.1) is 5.52 Å². The van der Waals surface area contributed by atoms with Gasteiger partial charge in [0, 0.05) is 5.70 Å². The fourth-order valence-electron chi connectivity index (χ4n) is 3.56. The van der Waals surface area contributed by atoms with Crippen molar-refractivity contribution in [3.63, 3.8) is 0 Å². The minimum Gasteiger partial charge on any atom is -0.217 e. The summed E-state index contributed by atoms with van der Waals surface area (Å²) in [5.41, 5.74) is 8.92. The predicted molar refractivity (Wildman–Crippen MR) is 95.1 cm³/mol. The molecular weight excluding hydrogens is 282 g/mol. The fourth-order valence-corrected chi connectivity index (χ4v) is 3.56. The third-order valence-electron chi connectivity index (χ3n) is 4.88. The number of para-hydroxylation sites is 1. The van der Waals surface area contributed by atoms with Gasteiger partial charge < -0.3 is 0 Å². The quantitative estimate of drug-likeness (QED) is 0.686. The summed E-state index contributed by atoms with van der Waals surface area (Å²) < 4.78 is 2.04. The van der Waals surface area contributed by atoms with E-state index in [0.29, 0.717) is 0 Å². The molecule has 0 radical (unpaired) electrons. The summed E-state index contributed by atoms with van der Waals surface area (Å²) >= 11 is 0. The van der Waals surface area contributed by atoms with Crippen LogP contribution in [-0.4, -0.2) is 15.0 Å². The first-order valence-corrected chi connectivity index (χ1v) is 8.40. The summed E-state index contributed by atoms with van der Waals surface area (Å²) in [7, 11) is 0. The summed E-state index contributed by atoms with van der Waals surface area (Å²) in [5.74, 6) is 0. The van der Waals surface area contributed by atoms with Crippen LogP contribution in [0.15, 0.2) is 42.5 Å². The summed E-state index contributed by atoms with van der Waals surface area (Å²) in [6.07, 6.45) is 4.42. The number of aryl methyl sites for hydroxylation is 2. The zero-order valence-corrected chi connectivity index (χ0v) is 13.7. The van der Waals surface area contributed by atoms with Gasteiger partial charge >= 0.3 is 0 Å². The van der Waals surface area contributed by atoms with Gasteiger partial charge in [-0.3, -0.25) is 0 Å². The molecule has 1 heterocycles. The highest BCUT2D eigenvalue weighted by Crippen LogP contribution is 2.33. The maximum atomic E-state index is 4.43. The van der Waals surface area contributed by atoms with Gasteiger partial charge in [0.15, 0.2) is 0 Å². The van der Waals surface area contributed by atoms with E-state index in [1.807, 2.05) is 16.8 Å². The second kappa shape index (κ2) is 5.65. The number of rotatable bonds is 2. The molecule has 0 saturated heterocycles. The number of fused-ring (bicyclic) bond motifs is 2. The number of nitrogens with zero attached hydrogens (tertiary/aromatic N) is 3. The second-order valence-electron chi connectivity index (χ2n) is 6.26. The van der Waals surface area contributed by atoms with Crippen LogP contribution >= 0.6 is 0 Å². The van der Waals surface area contributed by atoms with Crippen molar-refractivity contribution < 1.29 is 0 Å². The second-order valence-corrected chi connectivity index (χ2v) is 6.26. The highest BCUT2D eigenvalue weighted by Gasteiger charge is 2.18. The zero-order valence-electron chi connectivity index (χ0n) is 13.7. The van der Waals surface area contributed by atoms with E-state index in [-0.39, 0.29) is 0 Å². The first-order valence-electron chi connectivity index (χ1n) is 8.40. The van der Waals surface area contributed by atoms with Gasteiger partial charge in [-0.2, -0.15) is 0 Å². The van der Waals surface area contributed by atoms with E-state index >= 15 is 0 Å². The summed E-state index contributed by atoms with van der Waals surface area (Å²) in [6, 6.07) is 15.1. The molecule has 0 spiro atoms. The minimum absolute atomic E-state index is 0.957. The van der Waals surface area contributed by atoms with Gasteiger partial charge in [0.2, 0.25) is 0 Å². The number of allylic oxidation sites excluding steroid dienone is 2. The smallest absolute Gasteiger partial charge is 0.113 e. The Morgan fingerprint density at radius 1 is 1.09 bits per heavy atom. The third-order valence-corrected chi connectivity index (χ3v) is 4.88. The monoisotopic (exact) mass is 303 g/mol. The molecule has 2 aromatic carbocycles. The molecule has 1 aliphatic carbocycles. The number of benzene rings is 2. The molecule has 0 aliphatic heterocycles. The average molecular weight is 303 g/mol. The van der Waals surface area contributed by atoms with E-state index in [0.717, 1.165) is 36.7 Å². The van der Waals surface area contributed by atoms with E-state index in [1.54, 1.807) is 0 Å². The lowest BCUT2D eigenvalue weighted by Crippen LogP contribution is -2.01. The molecule has 116 valence electrons. The van der Waals surface area contributed by atoms with Crippen molar-refractivity contribution in [2.24, 2.45) is 0 Å². The molecule has 4 rings (SSSR count). The Bertz CT molecular complexity index is 902. The Hall–Kier alpha value is -2.42. The van der Waals surface area contributed by atoms with Crippen molar-refractivity contribution in [3.05, 3.63) is 59.2 Å². The predicted octanol–water partition coefficient (Wildman–Crippen LogP) is 4.72. The van der Waals surface area contributed by atoms with E-state index < -0.39 is 0 Å². The Kier molecular flexibility index (Phi) is 3.49. The van der Waals surface area contributed by atoms with Crippen molar-refractivity contribution in [1.29, 1.82) is 0 Å². The molecule has 3 aromatic rings. The number of hydrogen-bond acceptors (Lipinski definition) is 2. The molecule has 0 unspecified atom stereocenters. The van der Waals surface area contributed by atoms with Crippen LogP contribution < -0.4 is 0 Å². The Labute approximate surface area is 136 Å². The Balaban J connectivity index is 1.90. The lowest BCUT2D eigenvalue weighted by molar-refractivity contribution is 0.772. The Morgan fingerprint density at radius 3 is 2.83 bits per heavy atom. The normalized spacial score (nSPS) is 14.9. The lowest BCUT2D eigenvalue weighted by atomic mass is 9.96. The van der Waals surface area contributed by atoms with Crippen LogP contribution in [0, 0.1) is 0 Å². The summed E-state index contributed by atoms with van der Waals surface area (Å²) in [4.78, 5) is 0. The minimum atomic E-state index is 0.957. The first kappa shape index (κ1) is 14.2. The average Bonchev–Trinajstić information content (AvgIpc) is 2.94. The third kappa shape index (κ3) is 2.37. The molecule has 0 atom stereocenters. The highest BCUT2D eigenvalue weighted by molar-refractivity contribution is 5.88. The summed E-state index contributed by atoms with van der Waals surface area (Å²) in [5, 5.41) is 8.75. The fraction of sp³-hybridized carbons (Fsp3) is 0.300. The van der Waals surface area contributed by atoms with Crippen LogP contribution in [0.5, 0.6) is 0 Å². The molecule has 23 heavy (non-hydrogen) atoms. The largest absolute Gasteiger partial charge is 0.217 e. The van der Waals surface area contributed by atoms with E-state index in [1.165, 1.54) is 28.0 Å². The van der Waals surface area contributed by atoms with Crippen LogP contribution in [0.3, 0.4) is 0 Å². The molecule has 0 N–H and O–H groups in total. The first-order chi connectivity index (χ1) is 11.3. The van der Waals surface area contributed by atoms with Crippen molar-refractivity contribution in [2.75, 3.05) is 0 Å². The van der Waals surface area contributed by atoms with Crippen LogP contribution in [0.2, 0.25) is 0 Å². The lowest BCUT2D eigenvalue weighted by Gasteiger charge is -2.12. The maximum Gasteiger partial charge on any atom is 0.113 e. The number of aromatic nitrogens is 3. The molecule has 3 heteroatoms. The van der Waals surface area contributed by atoms with E-state index in [4.69, 9.17) is 0 Å². The van der Waals surface area contributed by atoms with E-state index in [9.17, 15) is 0 Å². The van der Waals surface area contributed by atoms with Gasteiger partial charge in [-0.05, 0) is 67.0 Å². The topological polar surface area (TPSA) is 30.7 Å². The van der Waals surface area contributed by atoms with Crippen LogP contribution in [0.4, 0.5) is 0 Å². The van der Waals surface area contributed by atoms with Gasteiger partial charge in [-0.25, -0.2) is 4.68 Å². The van der Waals surface area contributed by atoms with Gasteiger partial charge in [-0.1, -0.05) is 42.5 Å². The molecule has 0 bridgehead atoms. The van der Waals surface area contributed by atoms with Gasteiger partial charge in [0.25, 0.3) is 0 Å². The van der Waals surface area contributed by atoms with Crippen molar-refractivity contribution in [1.82, 2.24) is 15.0 Å². The molecule has 1 aromatic heterocycles. The van der Waals surface area contributed by atoms with Crippen molar-refractivity contribution in [2.45, 2.75) is 39.5 Å². The summed E-state index contributed by atoms with van der Waals surface area (Å²) in [6.45, 7) is 4.44.